The van der Waals surface area contributed by atoms with Crippen molar-refractivity contribution in [1.82, 2.24) is 19.8 Å². The Morgan fingerprint density at radius 1 is 1.14 bits per heavy atom. The first-order valence-electron chi connectivity index (χ1n) is 9.95. The third-order valence-corrected chi connectivity index (χ3v) is 5.69. The Labute approximate surface area is 164 Å². The minimum atomic E-state index is 0.0374. The molecule has 3 heterocycles. The summed E-state index contributed by atoms with van der Waals surface area (Å²) in [6, 6.07) is 16.1. The van der Waals surface area contributed by atoms with Crippen molar-refractivity contribution in [2.24, 2.45) is 0 Å². The van der Waals surface area contributed by atoms with Gasteiger partial charge in [-0.05, 0) is 31.0 Å². The lowest BCUT2D eigenvalue weighted by molar-refractivity contribution is -0.133. The van der Waals surface area contributed by atoms with Gasteiger partial charge in [-0.25, -0.2) is 4.98 Å². The van der Waals surface area contributed by atoms with Gasteiger partial charge < -0.3 is 14.6 Å². The molecule has 1 atom stereocenters. The van der Waals surface area contributed by atoms with Crippen molar-refractivity contribution in [2.45, 2.75) is 25.4 Å². The van der Waals surface area contributed by atoms with E-state index in [9.17, 15) is 4.79 Å². The Kier molecular flexibility index (Phi) is 4.49. The molecule has 5 rings (SSSR count). The quantitative estimate of drug-likeness (QED) is 0.763. The molecule has 144 valence electrons. The number of H-pyrrole nitrogens is 1. The molecule has 3 aromatic rings. The number of nitrogens with zero attached hydrogens (tertiary/aromatic N) is 3. The number of carbonyl (C=O) groups is 1. The van der Waals surface area contributed by atoms with Gasteiger partial charge in [0.2, 0.25) is 5.91 Å². The van der Waals surface area contributed by atoms with Gasteiger partial charge in [0.05, 0.1) is 23.6 Å². The standard InChI is InChI=1S/C22H24N4O2/c27-21(15-25-12-13-28-20-10-4-1-6-16(20)14-25)26-11-5-9-19(26)22-23-17-7-2-3-8-18(17)24-22/h1-4,6-8,10,19H,5,9,11-15H2,(H,23,24). The highest BCUT2D eigenvalue weighted by Crippen LogP contribution is 2.32. The number of amides is 1. The number of benzene rings is 2. The van der Waals surface area contributed by atoms with Gasteiger partial charge in [-0.2, -0.15) is 0 Å². The zero-order valence-corrected chi connectivity index (χ0v) is 15.8. The highest BCUT2D eigenvalue weighted by atomic mass is 16.5. The summed E-state index contributed by atoms with van der Waals surface area (Å²) < 4.78 is 5.83. The first-order valence-corrected chi connectivity index (χ1v) is 9.95. The van der Waals surface area contributed by atoms with Crippen molar-refractivity contribution in [3.63, 3.8) is 0 Å². The van der Waals surface area contributed by atoms with Crippen LogP contribution in [0.3, 0.4) is 0 Å². The van der Waals surface area contributed by atoms with Crippen LogP contribution in [-0.4, -0.2) is 51.9 Å². The third kappa shape index (κ3) is 3.24. The summed E-state index contributed by atoms with van der Waals surface area (Å²) in [4.78, 5) is 25.5. The number of aromatic amines is 1. The summed E-state index contributed by atoms with van der Waals surface area (Å²) in [6.07, 6.45) is 1.97. The van der Waals surface area contributed by atoms with E-state index >= 15 is 0 Å². The van der Waals surface area contributed by atoms with E-state index in [1.54, 1.807) is 0 Å². The van der Waals surface area contributed by atoms with Crippen molar-refractivity contribution in [3.05, 3.63) is 59.9 Å². The van der Waals surface area contributed by atoms with Crippen LogP contribution in [0.15, 0.2) is 48.5 Å². The molecule has 1 N–H and O–H groups in total. The summed E-state index contributed by atoms with van der Waals surface area (Å²) in [6.45, 7) is 3.31. The zero-order chi connectivity index (χ0) is 18.9. The van der Waals surface area contributed by atoms with Gasteiger partial charge in [0.25, 0.3) is 0 Å². The summed E-state index contributed by atoms with van der Waals surface area (Å²) in [5.41, 5.74) is 3.12. The number of hydrogen-bond acceptors (Lipinski definition) is 4. The van der Waals surface area contributed by atoms with Crippen molar-refractivity contribution in [2.75, 3.05) is 26.2 Å². The molecule has 1 fully saturated rings. The van der Waals surface area contributed by atoms with E-state index in [-0.39, 0.29) is 11.9 Å². The lowest BCUT2D eigenvalue weighted by Gasteiger charge is -2.27. The summed E-state index contributed by atoms with van der Waals surface area (Å²) in [5, 5.41) is 0. The molecule has 0 aliphatic carbocycles. The Balaban J connectivity index is 1.31. The summed E-state index contributed by atoms with van der Waals surface area (Å²) >= 11 is 0. The number of ether oxygens (including phenoxy) is 1. The van der Waals surface area contributed by atoms with E-state index in [1.165, 1.54) is 0 Å². The second-order valence-corrected chi connectivity index (χ2v) is 7.55. The van der Waals surface area contributed by atoms with Crippen molar-refractivity contribution >= 4 is 16.9 Å². The molecule has 1 aromatic heterocycles. The van der Waals surface area contributed by atoms with Crippen LogP contribution in [0.5, 0.6) is 5.75 Å². The Hall–Kier alpha value is -2.86. The molecule has 0 bridgehead atoms. The fraction of sp³-hybridized carbons (Fsp3) is 0.364. The third-order valence-electron chi connectivity index (χ3n) is 5.69. The molecule has 6 nitrogen and oxygen atoms in total. The first kappa shape index (κ1) is 17.3. The van der Waals surface area contributed by atoms with Crippen molar-refractivity contribution in [3.8, 4) is 5.75 Å². The van der Waals surface area contributed by atoms with Crippen LogP contribution < -0.4 is 4.74 Å². The molecule has 0 spiro atoms. The van der Waals surface area contributed by atoms with Gasteiger partial charge in [0, 0.05) is 25.2 Å². The fourth-order valence-electron chi connectivity index (χ4n) is 4.28. The van der Waals surface area contributed by atoms with E-state index in [0.717, 1.165) is 60.6 Å². The second-order valence-electron chi connectivity index (χ2n) is 7.55. The van der Waals surface area contributed by atoms with Gasteiger partial charge >= 0.3 is 0 Å². The first-order chi connectivity index (χ1) is 13.8. The average Bonchev–Trinajstić information content (AvgIpc) is 3.31. The van der Waals surface area contributed by atoms with E-state index < -0.39 is 0 Å². The van der Waals surface area contributed by atoms with Crippen LogP contribution in [-0.2, 0) is 11.3 Å². The average molecular weight is 376 g/mol. The van der Waals surface area contributed by atoms with Crippen LogP contribution >= 0.6 is 0 Å². The minimum Gasteiger partial charge on any atom is -0.492 e. The van der Waals surface area contributed by atoms with E-state index in [0.29, 0.717) is 13.2 Å². The maximum atomic E-state index is 13.1. The number of fused-ring (bicyclic) bond motifs is 2. The molecular weight excluding hydrogens is 352 g/mol. The number of rotatable bonds is 3. The molecule has 0 radical (unpaired) electrons. The van der Waals surface area contributed by atoms with E-state index in [2.05, 4.69) is 16.0 Å². The topological polar surface area (TPSA) is 61.5 Å². The molecule has 28 heavy (non-hydrogen) atoms. The SMILES string of the molecule is O=C(CN1CCOc2ccccc2C1)N1CCCC1c1nc2ccccc2[nH]1. The van der Waals surface area contributed by atoms with Gasteiger partial charge in [0.15, 0.2) is 0 Å². The fourth-order valence-corrected chi connectivity index (χ4v) is 4.28. The lowest BCUT2D eigenvalue weighted by Crippen LogP contribution is -2.40. The molecule has 1 saturated heterocycles. The Bertz CT molecular complexity index is 966. The number of carbonyl (C=O) groups excluding carboxylic acids is 1. The smallest absolute Gasteiger partial charge is 0.237 e. The van der Waals surface area contributed by atoms with Crippen molar-refractivity contribution < 1.29 is 9.53 Å². The van der Waals surface area contributed by atoms with Crippen LogP contribution in [0.2, 0.25) is 0 Å². The zero-order valence-electron chi connectivity index (χ0n) is 15.8. The summed E-state index contributed by atoms with van der Waals surface area (Å²) in [5.74, 6) is 2.00. The minimum absolute atomic E-state index is 0.0374. The number of nitrogens with one attached hydrogen (secondary N) is 1. The van der Waals surface area contributed by atoms with Gasteiger partial charge in [-0.1, -0.05) is 30.3 Å². The van der Waals surface area contributed by atoms with Crippen LogP contribution in [0.4, 0.5) is 0 Å². The van der Waals surface area contributed by atoms with E-state index in [4.69, 9.17) is 9.72 Å². The molecule has 6 heteroatoms. The molecule has 2 aliphatic rings. The monoisotopic (exact) mass is 376 g/mol. The Morgan fingerprint density at radius 3 is 2.93 bits per heavy atom. The number of imidazole rings is 1. The molecule has 0 saturated carbocycles. The highest BCUT2D eigenvalue weighted by molar-refractivity contribution is 5.79. The normalized spacial score (nSPS) is 20.0. The number of para-hydroxylation sites is 3. The molecular formula is C22H24N4O2. The van der Waals surface area contributed by atoms with E-state index in [1.807, 2.05) is 47.4 Å². The maximum Gasteiger partial charge on any atom is 0.237 e. The van der Waals surface area contributed by atoms with Crippen LogP contribution in [0, 0.1) is 0 Å². The van der Waals surface area contributed by atoms with Crippen molar-refractivity contribution in [1.29, 1.82) is 0 Å². The molecule has 2 aromatic carbocycles. The molecule has 1 amide bonds. The van der Waals surface area contributed by atoms with Gasteiger partial charge in [0.1, 0.15) is 18.2 Å². The predicted octanol–water partition coefficient (Wildman–Crippen LogP) is 3.12. The molecule has 1 unspecified atom stereocenters. The summed E-state index contributed by atoms with van der Waals surface area (Å²) in [7, 11) is 0. The second kappa shape index (κ2) is 7.28. The van der Waals surface area contributed by atoms with Gasteiger partial charge in [-0.15, -0.1) is 0 Å². The predicted molar refractivity (Wildman–Crippen MR) is 107 cm³/mol. The maximum absolute atomic E-state index is 13.1. The Morgan fingerprint density at radius 2 is 2.00 bits per heavy atom. The van der Waals surface area contributed by atoms with Crippen LogP contribution in [0.1, 0.15) is 30.3 Å². The number of likely N-dealkylation sites (tertiary alicyclic amines) is 1. The lowest BCUT2D eigenvalue weighted by atomic mass is 10.2. The van der Waals surface area contributed by atoms with Crippen LogP contribution in [0.25, 0.3) is 11.0 Å². The number of aromatic nitrogens is 2. The van der Waals surface area contributed by atoms with Gasteiger partial charge in [-0.3, -0.25) is 9.69 Å². The molecule has 2 aliphatic heterocycles. The number of hydrogen-bond donors (Lipinski definition) is 1. The largest absolute Gasteiger partial charge is 0.492 e. The highest BCUT2D eigenvalue weighted by Gasteiger charge is 2.33.